The topological polar surface area (TPSA) is 17.8 Å². The molecule has 0 spiro atoms. The first kappa shape index (κ1) is 9.21. The van der Waals surface area contributed by atoms with Crippen molar-refractivity contribution in [3.8, 4) is 0 Å². The Kier molecular flexibility index (Phi) is 4.63. The Labute approximate surface area is 62.9 Å². The van der Waals surface area contributed by atoms with Gasteiger partial charge < -0.3 is 0 Å². The van der Waals surface area contributed by atoms with Crippen molar-refractivity contribution in [1.82, 2.24) is 9.78 Å². The lowest BCUT2D eigenvalue weighted by Gasteiger charge is -1.88. The summed E-state index contributed by atoms with van der Waals surface area (Å²) in [5, 5.41) is 4.05. The molecule has 1 rings (SSSR count). The molecular formula is C8H16N2. The van der Waals surface area contributed by atoms with Crippen molar-refractivity contribution in [2.24, 2.45) is 0 Å². The lowest BCUT2D eigenvalue weighted by Crippen LogP contribution is -1.91. The smallest absolute Gasteiger partial charge is 0.0518 e. The summed E-state index contributed by atoms with van der Waals surface area (Å²) in [6, 6.07) is 0. The Morgan fingerprint density at radius 2 is 2.10 bits per heavy atom. The van der Waals surface area contributed by atoms with Crippen molar-refractivity contribution < 1.29 is 0 Å². The zero-order valence-corrected chi connectivity index (χ0v) is 7.26. The highest BCUT2D eigenvalue weighted by Crippen LogP contribution is 1.91. The quantitative estimate of drug-likeness (QED) is 0.585. The highest BCUT2D eigenvalue weighted by molar-refractivity contribution is 4.98. The Morgan fingerprint density at radius 3 is 2.30 bits per heavy atom. The molecule has 58 valence electrons. The van der Waals surface area contributed by atoms with E-state index in [1.54, 1.807) is 0 Å². The van der Waals surface area contributed by atoms with Gasteiger partial charge in [0.05, 0.1) is 6.20 Å². The minimum absolute atomic E-state index is 0.966. The monoisotopic (exact) mass is 140 g/mol. The van der Waals surface area contributed by atoms with Gasteiger partial charge in [-0.15, -0.1) is 0 Å². The molecule has 1 aromatic heterocycles. The van der Waals surface area contributed by atoms with Crippen LogP contribution in [0.1, 0.15) is 26.3 Å². The van der Waals surface area contributed by atoms with Crippen LogP contribution in [0, 0.1) is 6.92 Å². The summed E-state index contributed by atoms with van der Waals surface area (Å²) in [6.07, 6.45) is 3.89. The minimum Gasteiger partial charge on any atom is -0.273 e. The Morgan fingerprint density at radius 1 is 1.50 bits per heavy atom. The first-order valence-corrected chi connectivity index (χ1v) is 3.82. The second-order valence-electron chi connectivity index (χ2n) is 1.87. The van der Waals surface area contributed by atoms with Gasteiger partial charge in [0, 0.05) is 12.7 Å². The fourth-order valence-corrected chi connectivity index (χ4v) is 0.640. The van der Waals surface area contributed by atoms with Gasteiger partial charge in [0.1, 0.15) is 0 Å². The van der Waals surface area contributed by atoms with E-state index < -0.39 is 0 Å². The van der Waals surface area contributed by atoms with Gasteiger partial charge in [-0.1, -0.05) is 13.8 Å². The van der Waals surface area contributed by atoms with Crippen LogP contribution in [0.5, 0.6) is 0 Å². The molecule has 0 aliphatic heterocycles. The van der Waals surface area contributed by atoms with Crippen LogP contribution in [0.2, 0.25) is 0 Å². The Balaban J connectivity index is 0.000000371. The zero-order chi connectivity index (χ0) is 7.98. The molecule has 0 amide bonds. The average molecular weight is 140 g/mol. The largest absolute Gasteiger partial charge is 0.273 e. The van der Waals surface area contributed by atoms with Gasteiger partial charge in [0.15, 0.2) is 0 Å². The van der Waals surface area contributed by atoms with Crippen LogP contribution >= 0.6 is 0 Å². The molecule has 0 radical (unpaired) electrons. The number of hydrogen-bond acceptors (Lipinski definition) is 1. The van der Waals surface area contributed by atoms with Gasteiger partial charge in [0.25, 0.3) is 0 Å². The second-order valence-corrected chi connectivity index (χ2v) is 1.87. The summed E-state index contributed by atoms with van der Waals surface area (Å²) in [5.74, 6) is 0. The van der Waals surface area contributed by atoms with E-state index in [1.807, 2.05) is 37.8 Å². The van der Waals surface area contributed by atoms with E-state index in [9.17, 15) is 0 Å². The molecule has 1 aromatic rings. The maximum Gasteiger partial charge on any atom is 0.0518 e. The maximum absolute atomic E-state index is 4.05. The SMILES string of the molecule is CC.CCn1cc(C)cn1. The van der Waals surface area contributed by atoms with Crippen molar-refractivity contribution in [3.63, 3.8) is 0 Å². The maximum atomic E-state index is 4.05. The summed E-state index contributed by atoms with van der Waals surface area (Å²) >= 11 is 0. The Bertz CT molecular complexity index is 168. The standard InChI is InChI=1S/C6H10N2.C2H6/c1-3-8-5-6(2)4-7-8;1-2/h4-5H,3H2,1-2H3;1-2H3. The molecule has 0 N–H and O–H groups in total. The number of hydrogen-bond donors (Lipinski definition) is 0. The molecular weight excluding hydrogens is 124 g/mol. The molecule has 0 fully saturated rings. The summed E-state index contributed by atoms with van der Waals surface area (Å²) in [6.45, 7) is 9.08. The fraction of sp³-hybridized carbons (Fsp3) is 0.625. The number of nitrogens with zero attached hydrogens (tertiary/aromatic N) is 2. The molecule has 2 heteroatoms. The van der Waals surface area contributed by atoms with Crippen molar-refractivity contribution >= 4 is 0 Å². The third-order valence-corrected chi connectivity index (χ3v) is 1.09. The molecule has 1 heterocycles. The molecule has 0 aliphatic rings. The predicted molar refractivity (Wildman–Crippen MR) is 44.0 cm³/mol. The lowest BCUT2D eigenvalue weighted by molar-refractivity contribution is 0.659. The second kappa shape index (κ2) is 5.03. The van der Waals surface area contributed by atoms with Gasteiger partial charge >= 0.3 is 0 Å². The first-order valence-electron chi connectivity index (χ1n) is 3.82. The molecule has 0 saturated carbocycles. The molecule has 0 aromatic carbocycles. The third-order valence-electron chi connectivity index (χ3n) is 1.09. The summed E-state index contributed by atoms with van der Waals surface area (Å²) in [7, 11) is 0. The molecule has 0 saturated heterocycles. The van der Waals surface area contributed by atoms with Crippen LogP contribution in [0.3, 0.4) is 0 Å². The molecule has 0 aliphatic carbocycles. The molecule has 0 unspecified atom stereocenters. The fourth-order valence-electron chi connectivity index (χ4n) is 0.640. The van der Waals surface area contributed by atoms with Gasteiger partial charge in [-0.2, -0.15) is 5.10 Å². The molecule has 0 bridgehead atoms. The highest BCUT2D eigenvalue weighted by Gasteiger charge is 1.86. The van der Waals surface area contributed by atoms with Gasteiger partial charge in [0.2, 0.25) is 0 Å². The van der Waals surface area contributed by atoms with Crippen LogP contribution in [0.15, 0.2) is 12.4 Å². The predicted octanol–water partition coefficient (Wildman–Crippen LogP) is 2.24. The van der Waals surface area contributed by atoms with Crippen molar-refractivity contribution in [1.29, 1.82) is 0 Å². The van der Waals surface area contributed by atoms with E-state index in [4.69, 9.17) is 0 Å². The van der Waals surface area contributed by atoms with Crippen molar-refractivity contribution in [2.75, 3.05) is 0 Å². The molecule has 2 nitrogen and oxygen atoms in total. The highest BCUT2D eigenvalue weighted by atomic mass is 15.3. The molecule has 10 heavy (non-hydrogen) atoms. The number of aryl methyl sites for hydroxylation is 2. The lowest BCUT2D eigenvalue weighted by atomic mass is 10.4. The van der Waals surface area contributed by atoms with Crippen molar-refractivity contribution in [2.45, 2.75) is 34.2 Å². The number of aromatic nitrogens is 2. The van der Waals surface area contributed by atoms with Crippen LogP contribution in [-0.4, -0.2) is 9.78 Å². The summed E-state index contributed by atoms with van der Waals surface area (Å²) in [5.41, 5.74) is 1.23. The molecule has 0 atom stereocenters. The van der Waals surface area contributed by atoms with Crippen LogP contribution in [-0.2, 0) is 6.54 Å². The number of rotatable bonds is 1. The van der Waals surface area contributed by atoms with E-state index >= 15 is 0 Å². The Hall–Kier alpha value is -0.790. The minimum atomic E-state index is 0.966. The summed E-state index contributed by atoms with van der Waals surface area (Å²) < 4.78 is 1.91. The normalized spacial score (nSPS) is 8.40. The first-order chi connectivity index (χ1) is 4.83. The third kappa shape index (κ3) is 2.67. The van der Waals surface area contributed by atoms with Crippen LogP contribution < -0.4 is 0 Å². The van der Waals surface area contributed by atoms with Crippen LogP contribution in [0.4, 0.5) is 0 Å². The average Bonchev–Trinajstić information content (AvgIpc) is 2.40. The summed E-state index contributed by atoms with van der Waals surface area (Å²) in [4.78, 5) is 0. The van der Waals surface area contributed by atoms with E-state index in [-0.39, 0.29) is 0 Å². The zero-order valence-electron chi connectivity index (χ0n) is 7.26. The van der Waals surface area contributed by atoms with Gasteiger partial charge in [-0.25, -0.2) is 0 Å². The van der Waals surface area contributed by atoms with E-state index in [2.05, 4.69) is 12.0 Å². The van der Waals surface area contributed by atoms with Gasteiger partial charge in [-0.05, 0) is 19.4 Å². The van der Waals surface area contributed by atoms with Gasteiger partial charge in [-0.3, -0.25) is 4.68 Å². The van der Waals surface area contributed by atoms with Crippen molar-refractivity contribution in [3.05, 3.63) is 18.0 Å². The van der Waals surface area contributed by atoms with E-state index in [1.165, 1.54) is 5.56 Å². The van der Waals surface area contributed by atoms with E-state index in [0.717, 1.165) is 6.54 Å². The van der Waals surface area contributed by atoms with Crippen LogP contribution in [0.25, 0.3) is 0 Å². The van der Waals surface area contributed by atoms with E-state index in [0.29, 0.717) is 0 Å².